The monoisotopic (exact) mass is 389 g/mol. The molecule has 1 aromatic carbocycles. The van der Waals surface area contributed by atoms with E-state index in [1.807, 2.05) is 48.7 Å². The highest BCUT2D eigenvalue weighted by Gasteiger charge is 2.19. The number of nitrogens with one attached hydrogen (secondary N) is 1. The zero-order valence-electron chi connectivity index (χ0n) is 16.3. The number of hydrogen-bond donors (Lipinski definition) is 1. The average molecular weight is 389 g/mol. The number of piperazine rings is 1. The van der Waals surface area contributed by atoms with Gasteiger partial charge in [0.2, 0.25) is 0 Å². The molecule has 1 amide bonds. The van der Waals surface area contributed by atoms with E-state index < -0.39 is 0 Å². The van der Waals surface area contributed by atoms with E-state index in [1.54, 1.807) is 25.4 Å². The Bertz CT molecular complexity index is 954. The summed E-state index contributed by atoms with van der Waals surface area (Å²) in [5, 5.41) is 2.85. The van der Waals surface area contributed by atoms with E-state index in [9.17, 15) is 4.79 Å². The molecule has 3 aromatic rings. The van der Waals surface area contributed by atoms with Crippen LogP contribution >= 0.6 is 0 Å². The lowest BCUT2D eigenvalue weighted by Gasteiger charge is -2.36. The average Bonchev–Trinajstić information content (AvgIpc) is 2.80. The summed E-state index contributed by atoms with van der Waals surface area (Å²) in [6, 6.07) is 16.9. The summed E-state index contributed by atoms with van der Waals surface area (Å²) in [6.07, 6.45) is 3.58. The van der Waals surface area contributed by atoms with Gasteiger partial charge >= 0.3 is 0 Å². The van der Waals surface area contributed by atoms with E-state index in [0.29, 0.717) is 17.1 Å². The molecule has 4 rings (SSSR count). The molecule has 0 aliphatic carbocycles. The molecule has 7 nitrogen and oxygen atoms in total. The molecule has 0 bridgehead atoms. The topological polar surface area (TPSA) is 70.6 Å². The molecular weight excluding hydrogens is 366 g/mol. The fourth-order valence-electron chi connectivity index (χ4n) is 3.34. The molecule has 1 aliphatic rings. The van der Waals surface area contributed by atoms with Gasteiger partial charge in [-0.05, 0) is 36.4 Å². The van der Waals surface area contributed by atoms with Crippen LogP contribution < -0.4 is 19.9 Å². The number of carbonyl (C=O) groups excluding carboxylic acids is 1. The Morgan fingerprint density at radius 1 is 0.966 bits per heavy atom. The maximum atomic E-state index is 12.5. The maximum absolute atomic E-state index is 12.5. The van der Waals surface area contributed by atoms with Crippen LogP contribution in [-0.2, 0) is 0 Å². The Balaban J connectivity index is 1.36. The van der Waals surface area contributed by atoms with Crippen molar-refractivity contribution in [2.75, 3.05) is 48.4 Å². The number of amides is 1. The molecule has 3 heterocycles. The molecule has 1 aliphatic heterocycles. The number of nitrogens with zero attached hydrogens (tertiary/aromatic N) is 4. The number of benzene rings is 1. The van der Waals surface area contributed by atoms with E-state index in [0.717, 1.165) is 37.7 Å². The van der Waals surface area contributed by atoms with Crippen molar-refractivity contribution in [2.45, 2.75) is 0 Å². The van der Waals surface area contributed by atoms with Gasteiger partial charge in [-0.3, -0.25) is 4.79 Å². The highest BCUT2D eigenvalue weighted by molar-refractivity contribution is 6.03. The molecule has 0 unspecified atom stereocenters. The molecule has 148 valence electrons. The van der Waals surface area contributed by atoms with E-state index >= 15 is 0 Å². The second-order valence-electron chi connectivity index (χ2n) is 6.75. The number of hydrogen-bond acceptors (Lipinski definition) is 6. The van der Waals surface area contributed by atoms with Gasteiger partial charge in [0, 0.05) is 44.1 Å². The van der Waals surface area contributed by atoms with Crippen LogP contribution in [0.25, 0.3) is 0 Å². The molecular formula is C22H23N5O2. The van der Waals surface area contributed by atoms with Gasteiger partial charge in [-0.1, -0.05) is 12.1 Å². The number of ether oxygens (including phenoxy) is 1. The lowest BCUT2D eigenvalue weighted by atomic mass is 10.2. The van der Waals surface area contributed by atoms with E-state index in [2.05, 4.69) is 25.1 Å². The first-order valence-corrected chi connectivity index (χ1v) is 9.55. The minimum atomic E-state index is -0.246. The minimum absolute atomic E-state index is 0.246. The summed E-state index contributed by atoms with van der Waals surface area (Å²) in [6.45, 7) is 3.56. The van der Waals surface area contributed by atoms with Crippen molar-refractivity contribution < 1.29 is 9.53 Å². The van der Waals surface area contributed by atoms with Crippen LogP contribution in [0.15, 0.2) is 67.0 Å². The molecule has 1 fully saturated rings. The Hall–Kier alpha value is -3.61. The third-order valence-corrected chi connectivity index (χ3v) is 4.93. The highest BCUT2D eigenvalue weighted by atomic mass is 16.5. The molecule has 0 spiro atoms. The van der Waals surface area contributed by atoms with Crippen molar-refractivity contribution in [2.24, 2.45) is 0 Å². The van der Waals surface area contributed by atoms with Crippen LogP contribution in [0.4, 0.5) is 17.2 Å². The highest BCUT2D eigenvalue weighted by Crippen LogP contribution is 2.20. The lowest BCUT2D eigenvalue weighted by Crippen LogP contribution is -2.46. The molecule has 1 saturated heterocycles. The Kier molecular flexibility index (Phi) is 5.56. The van der Waals surface area contributed by atoms with Gasteiger partial charge in [-0.2, -0.15) is 0 Å². The summed E-state index contributed by atoms with van der Waals surface area (Å²) in [4.78, 5) is 25.8. The van der Waals surface area contributed by atoms with Crippen molar-refractivity contribution >= 4 is 23.1 Å². The van der Waals surface area contributed by atoms with E-state index in [-0.39, 0.29) is 5.91 Å². The van der Waals surface area contributed by atoms with Crippen molar-refractivity contribution in [1.82, 2.24) is 9.97 Å². The minimum Gasteiger partial charge on any atom is -0.497 e. The van der Waals surface area contributed by atoms with Crippen LogP contribution in [0.3, 0.4) is 0 Å². The molecule has 0 saturated carbocycles. The van der Waals surface area contributed by atoms with Crippen LogP contribution in [-0.4, -0.2) is 49.2 Å². The number of anilines is 3. The summed E-state index contributed by atoms with van der Waals surface area (Å²) in [5.41, 5.74) is 2.07. The summed E-state index contributed by atoms with van der Waals surface area (Å²) in [7, 11) is 1.59. The largest absolute Gasteiger partial charge is 0.497 e. The third kappa shape index (κ3) is 4.45. The summed E-state index contributed by atoms with van der Waals surface area (Å²) >= 11 is 0. The maximum Gasteiger partial charge on any atom is 0.274 e. The van der Waals surface area contributed by atoms with Gasteiger partial charge in [0.1, 0.15) is 17.3 Å². The third-order valence-electron chi connectivity index (χ3n) is 4.93. The summed E-state index contributed by atoms with van der Waals surface area (Å²) in [5.74, 6) is 1.45. The predicted octanol–water partition coefficient (Wildman–Crippen LogP) is 3.06. The Labute approximate surface area is 170 Å². The molecule has 7 heteroatoms. The number of pyridine rings is 2. The molecule has 0 radical (unpaired) electrons. The van der Waals surface area contributed by atoms with Crippen molar-refractivity contribution in [3.8, 4) is 5.75 Å². The Morgan fingerprint density at radius 2 is 1.79 bits per heavy atom. The molecule has 1 N–H and O–H groups in total. The van der Waals surface area contributed by atoms with Crippen LogP contribution in [0.5, 0.6) is 5.75 Å². The van der Waals surface area contributed by atoms with E-state index in [4.69, 9.17) is 4.74 Å². The van der Waals surface area contributed by atoms with Crippen molar-refractivity contribution in [1.29, 1.82) is 0 Å². The van der Waals surface area contributed by atoms with Crippen molar-refractivity contribution in [3.05, 3.63) is 72.7 Å². The zero-order chi connectivity index (χ0) is 20.1. The SMILES string of the molecule is COc1cccc(NC(=O)c2ccc(N3CCN(c4ccccn4)CC3)cn2)c1. The van der Waals surface area contributed by atoms with Gasteiger partial charge in [0.25, 0.3) is 5.91 Å². The van der Waals surface area contributed by atoms with Gasteiger partial charge in [-0.25, -0.2) is 9.97 Å². The first-order chi connectivity index (χ1) is 14.2. The first kappa shape index (κ1) is 18.7. The van der Waals surface area contributed by atoms with E-state index in [1.165, 1.54) is 0 Å². The molecule has 29 heavy (non-hydrogen) atoms. The second-order valence-corrected chi connectivity index (χ2v) is 6.75. The van der Waals surface area contributed by atoms with Gasteiger partial charge in [-0.15, -0.1) is 0 Å². The normalized spacial score (nSPS) is 13.8. The second kappa shape index (κ2) is 8.60. The summed E-state index contributed by atoms with van der Waals surface area (Å²) < 4.78 is 5.18. The fourth-order valence-corrected chi connectivity index (χ4v) is 3.34. The first-order valence-electron chi connectivity index (χ1n) is 9.55. The van der Waals surface area contributed by atoms with Crippen molar-refractivity contribution in [3.63, 3.8) is 0 Å². The van der Waals surface area contributed by atoms with Crippen LogP contribution in [0.1, 0.15) is 10.5 Å². The standard InChI is InChI=1S/C22H23N5O2/c1-29-19-6-4-5-17(15-19)25-22(28)20-9-8-18(16-24-20)26-11-13-27(14-12-26)21-7-2-3-10-23-21/h2-10,15-16H,11-14H2,1H3,(H,25,28). The van der Waals surface area contributed by atoms with Gasteiger partial charge < -0.3 is 19.9 Å². The smallest absolute Gasteiger partial charge is 0.274 e. The van der Waals surface area contributed by atoms with Crippen LogP contribution in [0.2, 0.25) is 0 Å². The molecule has 0 atom stereocenters. The zero-order valence-corrected chi connectivity index (χ0v) is 16.3. The quantitative estimate of drug-likeness (QED) is 0.723. The van der Waals surface area contributed by atoms with Gasteiger partial charge in [0.05, 0.1) is 19.0 Å². The lowest BCUT2D eigenvalue weighted by molar-refractivity contribution is 0.102. The fraction of sp³-hybridized carbons (Fsp3) is 0.227. The number of rotatable bonds is 5. The number of aromatic nitrogens is 2. The Morgan fingerprint density at radius 3 is 2.48 bits per heavy atom. The van der Waals surface area contributed by atoms with Gasteiger partial charge in [0.15, 0.2) is 0 Å². The number of carbonyl (C=O) groups is 1. The number of methoxy groups -OCH3 is 1. The predicted molar refractivity (Wildman–Crippen MR) is 114 cm³/mol. The van der Waals surface area contributed by atoms with Crippen LogP contribution in [0, 0.1) is 0 Å². The molecule has 2 aromatic heterocycles.